The highest BCUT2D eigenvalue weighted by molar-refractivity contribution is 5.79. The number of carbonyl (C=O) groups is 1. The Bertz CT molecular complexity index is 425. The number of hydrogen-bond donors (Lipinski definition) is 2. The summed E-state index contributed by atoms with van der Waals surface area (Å²) in [6.07, 6.45) is 1.43. The maximum atomic E-state index is 13.0. The summed E-state index contributed by atoms with van der Waals surface area (Å²) in [5.41, 5.74) is -2.62. The normalized spacial score (nSPS) is 14.1. The minimum Gasteiger partial charge on any atom is -0.479 e. The van der Waals surface area contributed by atoms with Crippen LogP contribution in [0.15, 0.2) is 30.9 Å². The number of benzene rings is 1. The van der Waals surface area contributed by atoms with Crippen LogP contribution in [0.4, 0.5) is 8.78 Å². The fourth-order valence-electron chi connectivity index (χ4n) is 1.48. The number of carboxylic acids is 1. The van der Waals surface area contributed by atoms with Crippen LogP contribution in [0, 0.1) is 11.6 Å². The standard InChI is InChI=1S/C12H12F2O3/c1-2-3-4-12(17,11(15)16)8-5-9(13)7-10(14)6-8/h2,5-7,17H,1,3-4H2,(H,15,16). The van der Waals surface area contributed by atoms with Crippen LogP contribution in [0.25, 0.3) is 0 Å². The molecule has 1 unspecified atom stereocenters. The van der Waals surface area contributed by atoms with Gasteiger partial charge in [-0.15, -0.1) is 6.58 Å². The summed E-state index contributed by atoms with van der Waals surface area (Å²) in [6, 6.07) is 2.22. The fourth-order valence-corrected chi connectivity index (χ4v) is 1.48. The largest absolute Gasteiger partial charge is 0.479 e. The maximum Gasteiger partial charge on any atom is 0.340 e. The van der Waals surface area contributed by atoms with Gasteiger partial charge < -0.3 is 10.2 Å². The zero-order valence-corrected chi connectivity index (χ0v) is 8.99. The lowest BCUT2D eigenvalue weighted by molar-refractivity contribution is -0.160. The molecule has 5 heteroatoms. The molecular formula is C12H12F2O3. The summed E-state index contributed by atoms with van der Waals surface area (Å²) >= 11 is 0. The lowest BCUT2D eigenvalue weighted by Gasteiger charge is -2.23. The van der Waals surface area contributed by atoms with Gasteiger partial charge in [0.2, 0.25) is 0 Å². The molecule has 1 aromatic rings. The van der Waals surface area contributed by atoms with E-state index in [0.29, 0.717) is 6.07 Å². The van der Waals surface area contributed by atoms with Crippen LogP contribution < -0.4 is 0 Å². The van der Waals surface area contributed by atoms with Crippen LogP contribution >= 0.6 is 0 Å². The molecule has 0 heterocycles. The van der Waals surface area contributed by atoms with Gasteiger partial charge in [-0.25, -0.2) is 13.6 Å². The third-order valence-corrected chi connectivity index (χ3v) is 2.40. The van der Waals surface area contributed by atoms with Crippen molar-refractivity contribution >= 4 is 5.97 Å². The number of allylic oxidation sites excluding steroid dienone is 1. The Hall–Kier alpha value is -1.75. The zero-order chi connectivity index (χ0) is 13.1. The Labute approximate surface area is 97.0 Å². The number of hydrogen-bond acceptors (Lipinski definition) is 2. The van der Waals surface area contributed by atoms with Gasteiger partial charge in [-0.1, -0.05) is 6.08 Å². The van der Waals surface area contributed by atoms with Gasteiger partial charge in [0.1, 0.15) is 11.6 Å². The molecule has 0 aliphatic rings. The minimum atomic E-state index is -2.31. The smallest absolute Gasteiger partial charge is 0.340 e. The van der Waals surface area contributed by atoms with E-state index in [-0.39, 0.29) is 18.4 Å². The summed E-state index contributed by atoms with van der Waals surface area (Å²) in [7, 11) is 0. The zero-order valence-electron chi connectivity index (χ0n) is 8.99. The van der Waals surface area contributed by atoms with Gasteiger partial charge in [0.25, 0.3) is 0 Å². The molecule has 0 saturated heterocycles. The molecule has 92 valence electrons. The van der Waals surface area contributed by atoms with Crippen molar-refractivity contribution in [1.29, 1.82) is 0 Å². The Morgan fingerprint density at radius 2 is 1.88 bits per heavy atom. The van der Waals surface area contributed by atoms with Crippen molar-refractivity contribution in [1.82, 2.24) is 0 Å². The molecule has 0 radical (unpaired) electrons. The Kier molecular flexibility index (Phi) is 3.96. The molecule has 2 N–H and O–H groups in total. The topological polar surface area (TPSA) is 57.5 Å². The number of aliphatic hydroxyl groups is 1. The van der Waals surface area contributed by atoms with E-state index in [9.17, 15) is 18.7 Å². The third-order valence-electron chi connectivity index (χ3n) is 2.40. The number of rotatable bonds is 5. The number of carboxylic acid groups (broad SMARTS) is 1. The van der Waals surface area contributed by atoms with Crippen LogP contribution in [-0.2, 0) is 10.4 Å². The Morgan fingerprint density at radius 1 is 1.35 bits per heavy atom. The van der Waals surface area contributed by atoms with Crippen molar-refractivity contribution in [3.05, 3.63) is 48.1 Å². The van der Waals surface area contributed by atoms with E-state index in [1.54, 1.807) is 0 Å². The molecule has 1 rings (SSSR count). The average Bonchev–Trinajstić information content (AvgIpc) is 2.24. The number of halogens is 2. The monoisotopic (exact) mass is 242 g/mol. The second-order valence-corrected chi connectivity index (χ2v) is 3.65. The molecular weight excluding hydrogens is 230 g/mol. The molecule has 0 saturated carbocycles. The SMILES string of the molecule is C=CCCC(O)(C(=O)O)c1cc(F)cc(F)c1. The number of aliphatic carboxylic acids is 1. The van der Waals surface area contributed by atoms with Gasteiger partial charge in [0, 0.05) is 11.6 Å². The first-order valence-electron chi connectivity index (χ1n) is 4.93. The van der Waals surface area contributed by atoms with E-state index in [4.69, 9.17) is 5.11 Å². The van der Waals surface area contributed by atoms with Gasteiger partial charge in [-0.05, 0) is 25.0 Å². The van der Waals surface area contributed by atoms with Crippen LogP contribution in [0.1, 0.15) is 18.4 Å². The molecule has 1 atom stereocenters. The summed E-state index contributed by atoms with van der Waals surface area (Å²) in [4.78, 5) is 11.0. The van der Waals surface area contributed by atoms with E-state index in [1.807, 2.05) is 0 Å². The predicted octanol–water partition coefficient (Wildman–Crippen LogP) is 2.20. The minimum absolute atomic E-state index is 0.200. The summed E-state index contributed by atoms with van der Waals surface area (Å²) in [6.45, 7) is 3.40. The van der Waals surface area contributed by atoms with Crippen LogP contribution in [0.2, 0.25) is 0 Å². The van der Waals surface area contributed by atoms with Crippen molar-refractivity contribution in [2.75, 3.05) is 0 Å². The van der Waals surface area contributed by atoms with Crippen molar-refractivity contribution in [2.45, 2.75) is 18.4 Å². The Morgan fingerprint density at radius 3 is 2.29 bits per heavy atom. The lowest BCUT2D eigenvalue weighted by Crippen LogP contribution is -2.35. The second-order valence-electron chi connectivity index (χ2n) is 3.65. The summed E-state index contributed by atoms with van der Waals surface area (Å²) in [5, 5.41) is 18.9. The molecule has 0 spiro atoms. The fraction of sp³-hybridized carbons (Fsp3) is 0.250. The Balaban J connectivity index is 3.21. The van der Waals surface area contributed by atoms with Crippen molar-refractivity contribution in [3.63, 3.8) is 0 Å². The predicted molar refractivity (Wildman–Crippen MR) is 57.3 cm³/mol. The first kappa shape index (κ1) is 13.3. The van der Waals surface area contributed by atoms with Crippen LogP contribution in [0.3, 0.4) is 0 Å². The average molecular weight is 242 g/mol. The molecule has 0 amide bonds. The summed E-state index contributed by atoms with van der Waals surface area (Å²) < 4.78 is 26.0. The molecule has 3 nitrogen and oxygen atoms in total. The van der Waals surface area contributed by atoms with Crippen LogP contribution in [-0.4, -0.2) is 16.2 Å². The molecule has 0 aromatic heterocycles. The van der Waals surface area contributed by atoms with E-state index >= 15 is 0 Å². The van der Waals surface area contributed by atoms with Gasteiger partial charge in [0.05, 0.1) is 0 Å². The van der Waals surface area contributed by atoms with E-state index in [2.05, 4.69) is 6.58 Å². The summed E-state index contributed by atoms with van der Waals surface area (Å²) in [5.74, 6) is -3.42. The lowest BCUT2D eigenvalue weighted by atomic mass is 9.89. The molecule has 0 bridgehead atoms. The highest BCUT2D eigenvalue weighted by Gasteiger charge is 2.37. The van der Waals surface area contributed by atoms with Crippen molar-refractivity contribution < 1.29 is 23.8 Å². The first-order chi connectivity index (χ1) is 7.90. The molecule has 0 aliphatic carbocycles. The van der Waals surface area contributed by atoms with E-state index in [1.165, 1.54) is 6.08 Å². The highest BCUT2D eigenvalue weighted by atomic mass is 19.1. The van der Waals surface area contributed by atoms with E-state index < -0.39 is 23.2 Å². The van der Waals surface area contributed by atoms with Gasteiger partial charge in [-0.2, -0.15) is 0 Å². The van der Waals surface area contributed by atoms with Crippen molar-refractivity contribution in [3.8, 4) is 0 Å². The highest BCUT2D eigenvalue weighted by Crippen LogP contribution is 2.28. The quantitative estimate of drug-likeness (QED) is 0.778. The van der Waals surface area contributed by atoms with Gasteiger partial charge in [-0.3, -0.25) is 0 Å². The van der Waals surface area contributed by atoms with Crippen molar-refractivity contribution in [2.24, 2.45) is 0 Å². The second kappa shape index (κ2) is 5.05. The van der Waals surface area contributed by atoms with E-state index in [0.717, 1.165) is 12.1 Å². The molecule has 1 aromatic carbocycles. The molecule has 0 aliphatic heterocycles. The van der Waals surface area contributed by atoms with Gasteiger partial charge >= 0.3 is 5.97 Å². The molecule has 17 heavy (non-hydrogen) atoms. The molecule has 0 fully saturated rings. The third kappa shape index (κ3) is 2.88. The van der Waals surface area contributed by atoms with Crippen LogP contribution in [0.5, 0.6) is 0 Å². The first-order valence-corrected chi connectivity index (χ1v) is 4.93. The van der Waals surface area contributed by atoms with Gasteiger partial charge in [0.15, 0.2) is 5.60 Å². The maximum absolute atomic E-state index is 13.0.